The Bertz CT molecular complexity index is 776. The van der Waals surface area contributed by atoms with E-state index in [9.17, 15) is 17.2 Å². The van der Waals surface area contributed by atoms with Gasteiger partial charge in [-0.2, -0.15) is 0 Å². The SMILES string of the molecule is Cc1ccc(F)cc1COc1ccc(F)cc1S(N)(=O)=O. The predicted molar refractivity (Wildman–Crippen MR) is 73.2 cm³/mol. The number of ether oxygens (including phenoxy) is 1. The van der Waals surface area contributed by atoms with Crippen LogP contribution in [0.3, 0.4) is 0 Å². The third kappa shape index (κ3) is 3.77. The first-order valence-electron chi connectivity index (χ1n) is 5.97. The number of benzene rings is 2. The number of hydrogen-bond acceptors (Lipinski definition) is 3. The van der Waals surface area contributed by atoms with E-state index in [2.05, 4.69) is 0 Å². The van der Waals surface area contributed by atoms with Gasteiger partial charge in [-0.05, 0) is 48.4 Å². The molecule has 0 unspecified atom stereocenters. The van der Waals surface area contributed by atoms with Crippen LogP contribution in [0, 0.1) is 18.6 Å². The van der Waals surface area contributed by atoms with Crippen molar-refractivity contribution in [2.75, 3.05) is 0 Å². The van der Waals surface area contributed by atoms with Gasteiger partial charge in [0.2, 0.25) is 10.0 Å². The van der Waals surface area contributed by atoms with Crippen LogP contribution in [0.5, 0.6) is 5.75 Å². The van der Waals surface area contributed by atoms with E-state index in [0.29, 0.717) is 5.56 Å². The molecule has 0 spiro atoms. The second-order valence-electron chi connectivity index (χ2n) is 4.50. The predicted octanol–water partition coefficient (Wildman–Crippen LogP) is 2.50. The van der Waals surface area contributed by atoms with E-state index < -0.39 is 26.6 Å². The molecule has 0 fully saturated rings. The van der Waals surface area contributed by atoms with E-state index in [1.807, 2.05) is 0 Å². The van der Waals surface area contributed by atoms with Gasteiger partial charge in [-0.1, -0.05) is 6.07 Å². The fraction of sp³-hybridized carbons (Fsp3) is 0.143. The summed E-state index contributed by atoms with van der Waals surface area (Å²) in [7, 11) is -4.12. The highest BCUT2D eigenvalue weighted by Gasteiger charge is 2.16. The van der Waals surface area contributed by atoms with Crippen LogP contribution in [-0.4, -0.2) is 8.42 Å². The van der Waals surface area contributed by atoms with Gasteiger partial charge < -0.3 is 4.74 Å². The Hall–Kier alpha value is -1.99. The van der Waals surface area contributed by atoms with Crippen LogP contribution >= 0.6 is 0 Å². The van der Waals surface area contributed by atoms with Crippen LogP contribution in [0.2, 0.25) is 0 Å². The lowest BCUT2D eigenvalue weighted by Crippen LogP contribution is -2.14. The minimum atomic E-state index is -4.12. The Kier molecular flexibility index (Phi) is 4.24. The average molecular weight is 313 g/mol. The maximum Gasteiger partial charge on any atom is 0.241 e. The Balaban J connectivity index is 2.30. The van der Waals surface area contributed by atoms with E-state index in [1.165, 1.54) is 18.2 Å². The maximum atomic E-state index is 13.2. The molecule has 0 aliphatic heterocycles. The zero-order chi connectivity index (χ0) is 15.6. The van der Waals surface area contributed by atoms with Crippen LogP contribution in [0.25, 0.3) is 0 Å². The van der Waals surface area contributed by atoms with Crippen LogP contribution in [0.4, 0.5) is 8.78 Å². The van der Waals surface area contributed by atoms with Gasteiger partial charge in [0.15, 0.2) is 0 Å². The zero-order valence-electron chi connectivity index (χ0n) is 11.1. The summed E-state index contributed by atoms with van der Waals surface area (Å²) >= 11 is 0. The molecule has 0 aliphatic rings. The van der Waals surface area contributed by atoms with Gasteiger partial charge in [0.1, 0.15) is 28.9 Å². The zero-order valence-corrected chi connectivity index (χ0v) is 12.0. The van der Waals surface area contributed by atoms with Crippen LogP contribution in [0.1, 0.15) is 11.1 Å². The molecule has 0 aromatic heterocycles. The smallest absolute Gasteiger partial charge is 0.241 e. The summed E-state index contributed by atoms with van der Waals surface area (Å²) < 4.78 is 54.5. The molecule has 0 bridgehead atoms. The number of rotatable bonds is 4. The molecule has 0 saturated carbocycles. The van der Waals surface area contributed by atoms with E-state index in [1.54, 1.807) is 13.0 Å². The molecule has 0 atom stereocenters. The first-order valence-corrected chi connectivity index (χ1v) is 7.52. The fourth-order valence-electron chi connectivity index (χ4n) is 1.77. The van der Waals surface area contributed by atoms with Gasteiger partial charge in [0, 0.05) is 0 Å². The van der Waals surface area contributed by atoms with Crippen molar-refractivity contribution in [1.29, 1.82) is 0 Å². The van der Waals surface area contributed by atoms with Crippen LogP contribution in [0.15, 0.2) is 41.3 Å². The third-order valence-corrected chi connectivity index (χ3v) is 3.84. The molecule has 4 nitrogen and oxygen atoms in total. The number of halogens is 2. The summed E-state index contributed by atoms with van der Waals surface area (Å²) in [6, 6.07) is 7.19. The molecule has 0 aliphatic carbocycles. The molecule has 112 valence electrons. The Morgan fingerprint density at radius 1 is 1.10 bits per heavy atom. The van der Waals surface area contributed by atoms with Crippen molar-refractivity contribution in [1.82, 2.24) is 0 Å². The van der Waals surface area contributed by atoms with Crippen molar-refractivity contribution in [3.63, 3.8) is 0 Å². The van der Waals surface area contributed by atoms with Crippen molar-refractivity contribution in [2.24, 2.45) is 5.14 Å². The Morgan fingerprint density at radius 3 is 2.38 bits per heavy atom. The lowest BCUT2D eigenvalue weighted by Gasteiger charge is -2.12. The van der Waals surface area contributed by atoms with E-state index in [4.69, 9.17) is 9.88 Å². The molecule has 2 N–H and O–H groups in total. The number of primary sulfonamides is 1. The van der Waals surface area contributed by atoms with Gasteiger partial charge in [-0.15, -0.1) is 0 Å². The fourth-order valence-corrected chi connectivity index (χ4v) is 2.46. The quantitative estimate of drug-likeness (QED) is 0.943. The Morgan fingerprint density at radius 2 is 1.71 bits per heavy atom. The largest absolute Gasteiger partial charge is 0.487 e. The van der Waals surface area contributed by atoms with Crippen molar-refractivity contribution in [3.05, 3.63) is 59.2 Å². The highest BCUT2D eigenvalue weighted by Crippen LogP contribution is 2.25. The van der Waals surface area contributed by atoms with E-state index in [0.717, 1.165) is 17.7 Å². The van der Waals surface area contributed by atoms with Crippen molar-refractivity contribution < 1.29 is 21.9 Å². The number of aryl methyl sites for hydroxylation is 1. The van der Waals surface area contributed by atoms with Crippen LogP contribution in [-0.2, 0) is 16.6 Å². The topological polar surface area (TPSA) is 69.4 Å². The summed E-state index contributed by atoms with van der Waals surface area (Å²) in [5.41, 5.74) is 1.34. The molecule has 0 radical (unpaired) electrons. The normalized spacial score (nSPS) is 11.4. The van der Waals surface area contributed by atoms with Gasteiger partial charge in [-0.3, -0.25) is 0 Å². The van der Waals surface area contributed by atoms with Gasteiger partial charge in [0.05, 0.1) is 0 Å². The molecular formula is C14H13F2NO3S. The summed E-state index contributed by atoms with van der Waals surface area (Å²) in [6.45, 7) is 1.71. The molecular weight excluding hydrogens is 300 g/mol. The third-order valence-electron chi connectivity index (χ3n) is 2.91. The number of nitrogens with two attached hydrogens (primary N) is 1. The summed E-state index contributed by atoms with van der Waals surface area (Å²) in [6.07, 6.45) is 0. The van der Waals surface area contributed by atoms with E-state index >= 15 is 0 Å². The molecule has 2 rings (SSSR count). The molecule has 0 saturated heterocycles. The standard InChI is InChI=1S/C14H13F2NO3S/c1-9-2-3-11(15)6-10(9)8-20-13-5-4-12(16)7-14(13)21(17,18)19/h2-7H,8H2,1H3,(H2,17,18,19). The van der Waals surface area contributed by atoms with Gasteiger partial charge in [-0.25, -0.2) is 22.3 Å². The molecule has 2 aromatic rings. The minimum Gasteiger partial charge on any atom is -0.487 e. The molecule has 2 aromatic carbocycles. The highest BCUT2D eigenvalue weighted by atomic mass is 32.2. The monoisotopic (exact) mass is 313 g/mol. The second-order valence-corrected chi connectivity index (χ2v) is 6.03. The maximum absolute atomic E-state index is 13.2. The molecule has 7 heteroatoms. The van der Waals surface area contributed by atoms with Gasteiger partial charge >= 0.3 is 0 Å². The Labute approximate surface area is 121 Å². The molecule has 0 amide bonds. The lowest BCUT2D eigenvalue weighted by molar-refractivity contribution is 0.296. The molecule has 0 heterocycles. The van der Waals surface area contributed by atoms with Crippen molar-refractivity contribution in [3.8, 4) is 5.75 Å². The second kappa shape index (κ2) is 5.79. The lowest BCUT2D eigenvalue weighted by atomic mass is 10.1. The summed E-state index contributed by atoms with van der Waals surface area (Å²) in [4.78, 5) is -0.448. The average Bonchev–Trinajstić information content (AvgIpc) is 2.40. The van der Waals surface area contributed by atoms with Crippen molar-refractivity contribution in [2.45, 2.75) is 18.4 Å². The van der Waals surface area contributed by atoms with Crippen LogP contribution < -0.4 is 9.88 Å². The highest BCUT2D eigenvalue weighted by molar-refractivity contribution is 7.89. The number of sulfonamides is 1. The summed E-state index contributed by atoms with van der Waals surface area (Å²) in [5.74, 6) is -1.25. The molecule has 21 heavy (non-hydrogen) atoms. The van der Waals surface area contributed by atoms with E-state index in [-0.39, 0.29) is 12.4 Å². The number of hydrogen-bond donors (Lipinski definition) is 1. The minimum absolute atomic E-state index is 0.0578. The van der Waals surface area contributed by atoms with Gasteiger partial charge in [0.25, 0.3) is 0 Å². The first-order chi connectivity index (χ1) is 9.77. The van der Waals surface area contributed by atoms with Crippen molar-refractivity contribution >= 4 is 10.0 Å². The first kappa shape index (κ1) is 15.4. The summed E-state index contributed by atoms with van der Waals surface area (Å²) in [5, 5.41) is 5.01.